The summed E-state index contributed by atoms with van der Waals surface area (Å²) in [5.74, 6) is -1.43. The van der Waals surface area contributed by atoms with Gasteiger partial charge in [-0.2, -0.15) is 0 Å². The van der Waals surface area contributed by atoms with Gasteiger partial charge in [0.25, 0.3) is 11.6 Å². The monoisotopic (exact) mass is 444 g/mol. The van der Waals surface area contributed by atoms with Crippen molar-refractivity contribution < 1.29 is 19.2 Å². The van der Waals surface area contributed by atoms with Crippen molar-refractivity contribution in [1.29, 1.82) is 0 Å². The standard InChI is InChI=1S/C18H15Cl3N2O5/c1-9(13-5-3-11(19)7-15(13)20)22-17(24)10(2)28-18(25)14-6-4-12(23(26)27)8-16(14)21/h3-10H,1-2H3,(H,22,24)/t9-,10-/m0/s1. The number of nitro groups is 1. The Labute approximate surface area is 175 Å². The smallest absolute Gasteiger partial charge is 0.340 e. The molecular formula is C18H15Cl3N2O5. The third-order valence-corrected chi connectivity index (χ3v) is 4.70. The molecule has 0 aliphatic carbocycles. The quantitative estimate of drug-likeness (QED) is 0.384. The van der Waals surface area contributed by atoms with Crippen LogP contribution < -0.4 is 5.32 Å². The molecule has 0 heterocycles. The second kappa shape index (κ2) is 9.23. The third-order valence-electron chi connectivity index (χ3n) is 3.82. The Kier molecular flexibility index (Phi) is 7.23. The maximum atomic E-state index is 12.3. The molecule has 2 aromatic rings. The molecule has 2 atom stereocenters. The summed E-state index contributed by atoms with van der Waals surface area (Å²) in [6.45, 7) is 3.11. The number of hydrogen-bond acceptors (Lipinski definition) is 5. The molecule has 0 aromatic heterocycles. The lowest BCUT2D eigenvalue weighted by atomic mass is 10.1. The van der Waals surface area contributed by atoms with Crippen LogP contribution in [-0.4, -0.2) is 22.9 Å². The molecule has 2 rings (SSSR count). The molecule has 0 unspecified atom stereocenters. The molecule has 1 N–H and O–H groups in total. The largest absolute Gasteiger partial charge is 0.449 e. The number of ether oxygens (including phenoxy) is 1. The minimum Gasteiger partial charge on any atom is -0.449 e. The normalized spacial score (nSPS) is 12.8. The Morgan fingerprint density at radius 3 is 2.32 bits per heavy atom. The minimum atomic E-state index is -1.13. The van der Waals surface area contributed by atoms with Crippen LogP contribution in [0.4, 0.5) is 5.69 Å². The van der Waals surface area contributed by atoms with Gasteiger partial charge in [0.1, 0.15) is 0 Å². The number of nitrogens with zero attached hydrogens (tertiary/aromatic N) is 1. The molecule has 148 valence electrons. The average molecular weight is 446 g/mol. The van der Waals surface area contributed by atoms with Gasteiger partial charge in [-0.1, -0.05) is 40.9 Å². The highest BCUT2D eigenvalue weighted by molar-refractivity contribution is 6.35. The number of carbonyl (C=O) groups excluding carboxylic acids is 2. The van der Waals surface area contributed by atoms with Crippen LogP contribution in [0.1, 0.15) is 35.8 Å². The predicted molar refractivity (Wildman–Crippen MR) is 106 cm³/mol. The van der Waals surface area contributed by atoms with Gasteiger partial charge in [-0.3, -0.25) is 14.9 Å². The van der Waals surface area contributed by atoms with Gasteiger partial charge < -0.3 is 10.1 Å². The second-order valence-corrected chi connectivity index (χ2v) is 7.12. The summed E-state index contributed by atoms with van der Waals surface area (Å²) in [6.07, 6.45) is -1.13. The first-order valence-corrected chi connectivity index (χ1v) is 9.13. The van der Waals surface area contributed by atoms with E-state index in [1.807, 2.05) is 0 Å². The van der Waals surface area contributed by atoms with Gasteiger partial charge >= 0.3 is 5.97 Å². The van der Waals surface area contributed by atoms with E-state index >= 15 is 0 Å². The summed E-state index contributed by atoms with van der Waals surface area (Å²) in [5, 5.41) is 14.1. The fraction of sp³-hybridized carbons (Fsp3) is 0.222. The van der Waals surface area contributed by atoms with Crippen molar-refractivity contribution in [1.82, 2.24) is 5.32 Å². The van der Waals surface area contributed by atoms with Gasteiger partial charge in [0.15, 0.2) is 6.10 Å². The number of carbonyl (C=O) groups is 2. The number of amides is 1. The topological polar surface area (TPSA) is 98.5 Å². The summed E-state index contributed by atoms with van der Waals surface area (Å²) in [4.78, 5) is 34.6. The number of halogens is 3. The first kappa shape index (κ1) is 21.9. The Hall–Kier alpha value is -2.35. The van der Waals surface area contributed by atoms with E-state index in [4.69, 9.17) is 39.5 Å². The molecule has 0 aliphatic heterocycles. The molecule has 0 bridgehead atoms. The second-order valence-electron chi connectivity index (χ2n) is 5.86. The van der Waals surface area contributed by atoms with Crippen molar-refractivity contribution in [2.24, 2.45) is 0 Å². The molecule has 0 aliphatic rings. The molecule has 28 heavy (non-hydrogen) atoms. The first-order chi connectivity index (χ1) is 13.1. The number of nitrogens with one attached hydrogen (secondary N) is 1. The lowest BCUT2D eigenvalue weighted by molar-refractivity contribution is -0.384. The van der Waals surface area contributed by atoms with Crippen molar-refractivity contribution in [2.45, 2.75) is 26.0 Å². The van der Waals surface area contributed by atoms with E-state index in [-0.39, 0.29) is 16.3 Å². The van der Waals surface area contributed by atoms with Gasteiger partial charge in [-0.25, -0.2) is 4.79 Å². The van der Waals surface area contributed by atoms with Crippen molar-refractivity contribution in [3.63, 3.8) is 0 Å². The van der Waals surface area contributed by atoms with Crippen molar-refractivity contribution >= 4 is 52.4 Å². The molecule has 7 nitrogen and oxygen atoms in total. The van der Waals surface area contributed by atoms with Gasteiger partial charge in [0, 0.05) is 22.2 Å². The molecular weight excluding hydrogens is 431 g/mol. The zero-order chi connectivity index (χ0) is 21.0. The summed E-state index contributed by atoms with van der Waals surface area (Å²) in [7, 11) is 0. The number of rotatable bonds is 6. The van der Waals surface area contributed by atoms with Crippen LogP contribution >= 0.6 is 34.8 Å². The molecule has 2 aromatic carbocycles. The fourth-order valence-electron chi connectivity index (χ4n) is 2.32. The van der Waals surface area contributed by atoms with Crippen LogP contribution in [0.3, 0.4) is 0 Å². The first-order valence-electron chi connectivity index (χ1n) is 8.00. The zero-order valence-corrected chi connectivity index (χ0v) is 17.0. The van der Waals surface area contributed by atoms with Crippen LogP contribution in [0.15, 0.2) is 36.4 Å². The highest BCUT2D eigenvalue weighted by Gasteiger charge is 2.23. The van der Waals surface area contributed by atoms with E-state index < -0.39 is 28.9 Å². The summed E-state index contributed by atoms with van der Waals surface area (Å²) in [5.41, 5.74) is 0.304. The summed E-state index contributed by atoms with van der Waals surface area (Å²) in [6, 6.07) is 7.76. The summed E-state index contributed by atoms with van der Waals surface area (Å²) >= 11 is 17.9. The van der Waals surface area contributed by atoms with Crippen molar-refractivity contribution in [2.75, 3.05) is 0 Å². The van der Waals surface area contributed by atoms with Gasteiger partial charge in [0.05, 0.1) is 21.6 Å². The van der Waals surface area contributed by atoms with Crippen molar-refractivity contribution in [3.05, 3.63) is 72.7 Å². The zero-order valence-electron chi connectivity index (χ0n) is 14.7. The fourth-order valence-corrected chi connectivity index (χ4v) is 3.15. The van der Waals surface area contributed by atoms with Gasteiger partial charge in [-0.05, 0) is 37.6 Å². The number of esters is 1. The number of hydrogen-bond donors (Lipinski definition) is 1. The maximum Gasteiger partial charge on any atom is 0.340 e. The van der Waals surface area contributed by atoms with Crippen LogP contribution in [0, 0.1) is 10.1 Å². The van der Waals surface area contributed by atoms with Crippen LogP contribution in [-0.2, 0) is 9.53 Å². The SMILES string of the molecule is C[C@H](OC(=O)c1ccc([N+](=O)[O-])cc1Cl)C(=O)N[C@@H](C)c1ccc(Cl)cc1Cl. The van der Waals surface area contributed by atoms with Gasteiger partial charge in [0.2, 0.25) is 0 Å². The van der Waals surface area contributed by atoms with E-state index in [9.17, 15) is 19.7 Å². The Balaban J connectivity index is 2.03. The number of benzene rings is 2. The minimum absolute atomic E-state index is 0.0827. The predicted octanol–water partition coefficient (Wildman–Crippen LogP) is 4.98. The van der Waals surface area contributed by atoms with E-state index in [0.717, 1.165) is 12.1 Å². The molecule has 0 radical (unpaired) electrons. The van der Waals surface area contributed by atoms with Crippen LogP contribution in [0.5, 0.6) is 0 Å². The van der Waals surface area contributed by atoms with Crippen LogP contribution in [0.25, 0.3) is 0 Å². The molecule has 0 fully saturated rings. The van der Waals surface area contributed by atoms with E-state index in [1.165, 1.54) is 13.0 Å². The van der Waals surface area contributed by atoms with Crippen LogP contribution in [0.2, 0.25) is 15.1 Å². The van der Waals surface area contributed by atoms with E-state index in [1.54, 1.807) is 25.1 Å². The average Bonchev–Trinajstić information content (AvgIpc) is 2.60. The van der Waals surface area contributed by atoms with Gasteiger partial charge in [-0.15, -0.1) is 0 Å². The highest BCUT2D eigenvalue weighted by atomic mass is 35.5. The molecule has 0 spiro atoms. The lowest BCUT2D eigenvalue weighted by Crippen LogP contribution is -2.37. The lowest BCUT2D eigenvalue weighted by Gasteiger charge is -2.19. The number of nitro benzene ring substituents is 1. The molecule has 10 heteroatoms. The maximum absolute atomic E-state index is 12.3. The van der Waals surface area contributed by atoms with E-state index in [2.05, 4.69) is 5.32 Å². The van der Waals surface area contributed by atoms with Crippen molar-refractivity contribution in [3.8, 4) is 0 Å². The summed E-state index contributed by atoms with van der Waals surface area (Å²) < 4.78 is 5.11. The Morgan fingerprint density at radius 1 is 1.07 bits per heavy atom. The Morgan fingerprint density at radius 2 is 1.75 bits per heavy atom. The third kappa shape index (κ3) is 5.34. The van der Waals surface area contributed by atoms with E-state index in [0.29, 0.717) is 15.6 Å². The number of non-ortho nitro benzene ring substituents is 1. The Bertz CT molecular complexity index is 935. The molecule has 0 saturated heterocycles. The molecule has 0 saturated carbocycles. The molecule has 1 amide bonds. The highest BCUT2D eigenvalue weighted by Crippen LogP contribution is 2.26.